The number of para-hydroxylation sites is 1. The van der Waals surface area contributed by atoms with Crippen LogP contribution >= 0.6 is 27.3 Å². The lowest BCUT2D eigenvalue weighted by molar-refractivity contribution is 0.0530. The maximum Gasteiger partial charge on any atom is 0.350 e. The van der Waals surface area contributed by atoms with Gasteiger partial charge in [0.1, 0.15) is 10.6 Å². The van der Waals surface area contributed by atoms with E-state index >= 15 is 0 Å². The van der Waals surface area contributed by atoms with Gasteiger partial charge in [0.2, 0.25) is 0 Å². The fourth-order valence-electron chi connectivity index (χ4n) is 1.93. The maximum absolute atomic E-state index is 12.0. The second kappa shape index (κ2) is 7.56. The predicted molar refractivity (Wildman–Crippen MR) is 86.2 cm³/mol. The minimum absolute atomic E-state index is 0.329. The molecule has 2 rings (SSSR count). The minimum atomic E-state index is -0.329. The summed E-state index contributed by atoms with van der Waals surface area (Å²) in [5.41, 5.74) is 1.71. The first-order valence-corrected chi connectivity index (χ1v) is 8.29. The van der Waals surface area contributed by atoms with Gasteiger partial charge in [-0.2, -0.15) is 0 Å². The van der Waals surface area contributed by atoms with Crippen LogP contribution in [0.25, 0.3) is 0 Å². The summed E-state index contributed by atoms with van der Waals surface area (Å²) in [5, 5.41) is 0. The summed E-state index contributed by atoms with van der Waals surface area (Å²) in [6.07, 6.45) is 0.534. The number of esters is 1. The third-order valence-corrected chi connectivity index (χ3v) is 4.29. The molecule has 0 amide bonds. The molecule has 0 aliphatic rings. The smallest absolute Gasteiger partial charge is 0.350 e. The molecule has 2 aromatic rings. The molecule has 0 unspecified atom stereocenters. The average molecular weight is 370 g/mol. The normalized spacial score (nSPS) is 10.4. The zero-order valence-electron chi connectivity index (χ0n) is 11.9. The van der Waals surface area contributed by atoms with Gasteiger partial charge in [-0.3, -0.25) is 0 Å². The molecule has 0 atom stereocenters. The Kier molecular flexibility index (Phi) is 5.76. The van der Waals surface area contributed by atoms with Gasteiger partial charge in [0.05, 0.1) is 18.9 Å². The number of carbonyl (C=O) groups is 1. The molecule has 4 nitrogen and oxygen atoms in total. The van der Waals surface area contributed by atoms with Crippen molar-refractivity contribution in [2.45, 2.75) is 20.3 Å². The molecule has 112 valence electrons. The van der Waals surface area contributed by atoms with Gasteiger partial charge in [-0.05, 0) is 35.8 Å². The van der Waals surface area contributed by atoms with Crippen molar-refractivity contribution in [3.8, 4) is 5.75 Å². The molecule has 21 heavy (non-hydrogen) atoms. The monoisotopic (exact) mass is 369 g/mol. The van der Waals surface area contributed by atoms with Crippen LogP contribution in [0.4, 0.5) is 0 Å². The van der Waals surface area contributed by atoms with Gasteiger partial charge in [0.15, 0.2) is 3.92 Å². The number of ether oxygens (including phenoxy) is 2. The van der Waals surface area contributed by atoms with Crippen LogP contribution in [0.1, 0.15) is 34.8 Å². The van der Waals surface area contributed by atoms with Crippen LogP contribution < -0.4 is 4.74 Å². The van der Waals surface area contributed by atoms with Gasteiger partial charge in [0, 0.05) is 12.0 Å². The van der Waals surface area contributed by atoms with E-state index in [0.717, 1.165) is 11.3 Å². The Morgan fingerprint density at radius 2 is 2.05 bits per heavy atom. The summed E-state index contributed by atoms with van der Waals surface area (Å²) in [4.78, 5) is 16.9. The van der Waals surface area contributed by atoms with Crippen molar-refractivity contribution in [3.05, 3.63) is 44.3 Å². The van der Waals surface area contributed by atoms with Crippen LogP contribution in [-0.2, 0) is 11.2 Å². The largest absolute Gasteiger partial charge is 0.494 e. The molecule has 0 bridgehead atoms. The highest BCUT2D eigenvalue weighted by molar-refractivity contribution is 9.11. The first-order chi connectivity index (χ1) is 10.2. The fraction of sp³-hybridized carbons (Fsp3) is 0.333. The van der Waals surface area contributed by atoms with E-state index in [4.69, 9.17) is 9.47 Å². The van der Waals surface area contributed by atoms with Gasteiger partial charge < -0.3 is 9.47 Å². The lowest BCUT2D eigenvalue weighted by atomic mass is 10.1. The molecule has 0 N–H and O–H groups in total. The van der Waals surface area contributed by atoms with Crippen molar-refractivity contribution >= 4 is 33.2 Å². The van der Waals surface area contributed by atoms with Gasteiger partial charge in [-0.1, -0.05) is 29.5 Å². The maximum atomic E-state index is 12.0. The number of hydrogen-bond donors (Lipinski definition) is 0. The van der Waals surface area contributed by atoms with E-state index in [1.54, 1.807) is 6.92 Å². The Balaban J connectivity index is 2.29. The van der Waals surface area contributed by atoms with E-state index < -0.39 is 0 Å². The van der Waals surface area contributed by atoms with Gasteiger partial charge >= 0.3 is 5.97 Å². The number of rotatable bonds is 6. The van der Waals surface area contributed by atoms with Crippen LogP contribution in [0.5, 0.6) is 5.75 Å². The van der Waals surface area contributed by atoms with E-state index in [1.807, 2.05) is 31.2 Å². The number of thiazole rings is 1. The standard InChI is InChI=1S/C15H16BrNO3S/c1-3-19-12-8-6-5-7-10(12)9-11-13(14(18)20-4-2)21-15(16)17-11/h5-8H,3-4,9H2,1-2H3. The number of aromatic nitrogens is 1. The highest BCUT2D eigenvalue weighted by atomic mass is 79.9. The van der Waals surface area contributed by atoms with E-state index in [-0.39, 0.29) is 5.97 Å². The van der Waals surface area contributed by atoms with E-state index in [2.05, 4.69) is 20.9 Å². The number of hydrogen-bond acceptors (Lipinski definition) is 5. The molecular formula is C15H16BrNO3S. The lowest BCUT2D eigenvalue weighted by Crippen LogP contribution is -2.06. The average Bonchev–Trinajstić information content (AvgIpc) is 2.82. The molecule has 0 saturated carbocycles. The Hall–Kier alpha value is -1.40. The van der Waals surface area contributed by atoms with E-state index in [0.29, 0.717) is 34.1 Å². The second-order valence-corrected chi connectivity index (χ2v) is 6.46. The van der Waals surface area contributed by atoms with Crippen LogP contribution in [0.3, 0.4) is 0 Å². The van der Waals surface area contributed by atoms with E-state index in [1.165, 1.54) is 11.3 Å². The second-order valence-electron chi connectivity index (χ2n) is 4.18. The van der Waals surface area contributed by atoms with Crippen molar-refractivity contribution in [1.82, 2.24) is 4.98 Å². The number of halogens is 1. The van der Waals surface area contributed by atoms with Crippen molar-refractivity contribution < 1.29 is 14.3 Å². The van der Waals surface area contributed by atoms with E-state index in [9.17, 15) is 4.79 Å². The molecule has 0 aliphatic heterocycles. The van der Waals surface area contributed by atoms with Crippen LogP contribution in [0, 0.1) is 0 Å². The van der Waals surface area contributed by atoms with Crippen LogP contribution in [-0.4, -0.2) is 24.2 Å². The molecule has 6 heteroatoms. The van der Waals surface area contributed by atoms with Crippen molar-refractivity contribution in [3.63, 3.8) is 0 Å². The number of carbonyl (C=O) groups excluding carboxylic acids is 1. The molecule has 0 spiro atoms. The molecule has 0 saturated heterocycles. The predicted octanol–water partition coefficient (Wildman–Crippen LogP) is 4.07. The van der Waals surface area contributed by atoms with Gasteiger partial charge in [-0.15, -0.1) is 0 Å². The number of benzene rings is 1. The molecule has 0 fully saturated rings. The quantitative estimate of drug-likeness (QED) is 0.720. The van der Waals surface area contributed by atoms with Gasteiger partial charge in [0.25, 0.3) is 0 Å². The minimum Gasteiger partial charge on any atom is -0.494 e. The van der Waals surface area contributed by atoms with Crippen LogP contribution in [0.15, 0.2) is 28.2 Å². The summed E-state index contributed by atoms with van der Waals surface area (Å²) < 4.78 is 11.4. The van der Waals surface area contributed by atoms with Crippen molar-refractivity contribution in [1.29, 1.82) is 0 Å². The Bertz CT molecular complexity index is 627. The molecular weight excluding hydrogens is 354 g/mol. The Labute approximate surface area is 136 Å². The first kappa shape index (κ1) is 16.0. The summed E-state index contributed by atoms with van der Waals surface area (Å²) in [5.74, 6) is 0.489. The summed E-state index contributed by atoms with van der Waals surface area (Å²) >= 11 is 4.62. The van der Waals surface area contributed by atoms with Crippen molar-refractivity contribution in [2.75, 3.05) is 13.2 Å². The Morgan fingerprint density at radius 1 is 1.29 bits per heavy atom. The van der Waals surface area contributed by atoms with Gasteiger partial charge in [-0.25, -0.2) is 9.78 Å². The SMILES string of the molecule is CCOC(=O)c1sc(Br)nc1Cc1ccccc1OCC. The topological polar surface area (TPSA) is 48.4 Å². The summed E-state index contributed by atoms with van der Waals surface area (Å²) in [7, 11) is 0. The lowest BCUT2D eigenvalue weighted by Gasteiger charge is -2.09. The molecule has 1 heterocycles. The highest BCUT2D eigenvalue weighted by Gasteiger charge is 2.19. The zero-order chi connectivity index (χ0) is 15.2. The van der Waals surface area contributed by atoms with Crippen LogP contribution in [0.2, 0.25) is 0 Å². The number of nitrogens with zero attached hydrogens (tertiary/aromatic N) is 1. The summed E-state index contributed by atoms with van der Waals surface area (Å²) in [6, 6.07) is 7.78. The fourth-order valence-corrected chi connectivity index (χ4v) is 3.33. The van der Waals surface area contributed by atoms with Crippen molar-refractivity contribution in [2.24, 2.45) is 0 Å². The molecule has 0 aliphatic carbocycles. The first-order valence-electron chi connectivity index (χ1n) is 6.68. The third kappa shape index (κ3) is 4.04. The Morgan fingerprint density at radius 3 is 2.76 bits per heavy atom. The summed E-state index contributed by atoms with van der Waals surface area (Å²) in [6.45, 7) is 4.68. The molecule has 1 aromatic heterocycles. The molecule has 0 radical (unpaired) electrons. The molecule has 1 aromatic carbocycles. The third-order valence-electron chi connectivity index (χ3n) is 2.76. The highest BCUT2D eigenvalue weighted by Crippen LogP contribution is 2.28. The zero-order valence-corrected chi connectivity index (χ0v) is 14.3.